The Morgan fingerprint density at radius 1 is 1.04 bits per heavy atom. The lowest BCUT2D eigenvalue weighted by atomic mass is 10.1. The molecule has 0 saturated heterocycles. The van der Waals surface area contributed by atoms with Crippen molar-refractivity contribution in [3.05, 3.63) is 51.9 Å². The summed E-state index contributed by atoms with van der Waals surface area (Å²) in [6, 6.07) is 9.56. The molecule has 0 atom stereocenters. The number of nitrogens with one attached hydrogen (secondary N) is 2. The minimum atomic E-state index is -3.70. The Morgan fingerprint density at radius 2 is 1.68 bits per heavy atom. The third-order valence-electron chi connectivity index (χ3n) is 3.15. The van der Waals surface area contributed by atoms with Gasteiger partial charge in [0.25, 0.3) is 0 Å². The van der Waals surface area contributed by atoms with Crippen molar-refractivity contribution in [2.45, 2.75) is 36.4 Å². The highest BCUT2D eigenvalue weighted by Crippen LogP contribution is 2.25. The monoisotopic (exact) mass is 422 g/mol. The summed E-state index contributed by atoms with van der Waals surface area (Å²) in [5, 5.41) is 0. The fraction of sp³-hybridized carbons (Fsp3) is 0.333. The van der Waals surface area contributed by atoms with Crippen LogP contribution in [0, 0.1) is 0 Å². The molecule has 0 radical (unpaired) electrons. The molecule has 2 N–H and O–H groups in total. The Kier molecular flexibility index (Phi) is 6.63. The second kappa shape index (κ2) is 8.15. The Labute approximate surface area is 157 Å². The maximum atomic E-state index is 12.3. The number of rotatable bonds is 8. The molecule has 0 bridgehead atoms. The molecular weight excluding hydrogens is 404 g/mol. The molecule has 0 fully saturated rings. The molecule has 25 heavy (non-hydrogen) atoms. The number of halogens is 1. The summed E-state index contributed by atoms with van der Waals surface area (Å²) in [6.07, 6.45) is 0. The summed E-state index contributed by atoms with van der Waals surface area (Å²) in [7, 11) is -7.20. The molecule has 0 unspecified atom stereocenters. The smallest absolute Gasteiger partial charge is 0.212 e. The van der Waals surface area contributed by atoms with Gasteiger partial charge in [0.2, 0.25) is 20.0 Å². The summed E-state index contributed by atoms with van der Waals surface area (Å²) in [4.78, 5) is 0. The summed E-state index contributed by atoms with van der Waals surface area (Å²) in [5.41, 5.74) is 1.14. The zero-order chi connectivity index (χ0) is 18.7. The van der Waals surface area contributed by atoms with E-state index in [0.29, 0.717) is 15.5 Å². The molecule has 1 aromatic carbocycles. The van der Waals surface area contributed by atoms with E-state index in [4.69, 9.17) is 11.6 Å². The Bertz CT molecular complexity index is 937. The van der Waals surface area contributed by atoms with Gasteiger partial charge in [0.05, 0.1) is 10.1 Å². The standard InChI is InChI=1S/C15H19ClN2O4S3/c1-11(2)18-24(19,20)10-13-6-4-3-5-12(13)9-17-25(21,22)15-8-7-14(16)23-15/h3-8,11,17-18H,9-10H2,1-2H3. The maximum absolute atomic E-state index is 12.3. The molecular formula is C15H19ClN2O4S3. The second-order valence-electron chi connectivity index (χ2n) is 5.68. The minimum absolute atomic E-state index is 0.00871. The predicted molar refractivity (Wildman–Crippen MR) is 101 cm³/mol. The van der Waals surface area contributed by atoms with E-state index in [1.807, 2.05) is 0 Å². The molecule has 138 valence electrons. The zero-order valence-electron chi connectivity index (χ0n) is 13.7. The van der Waals surface area contributed by atoms with Crippen LogP contribution in [0.1, 0.15) is 25.0 Å². The Morgan fingerprint density at radius 3 is 2.24 bits per heavy atom. The lowest BCUT2D eigenvalue weighted by molar-refractivity contribution is 0.568. The molecule has 6 nitrogen and oxygen atoms in total. The van der Waals surface area contributed by atoms with Crippen LogP contribution in [0.25, 0.3) is 0 Å². The highest BCUT2D eigenvalue weighted by Gasteiger charge is 2.19. The van der Waals surface area contributed by atoms with Crippen molar-refractivity contribution >= 4 is 43.0 Å². The van der Waals surface area contributed by atoms with Crippen LogP contribution in [0.2, 0.25) is 4.34 Å². The summed E-state index contributed by atoms with van der Waals surface area (Å²) in [5.74, 6) is -0.214. The molecule has 0 aliphatic carbocycles. The Balaban J connectivity index is 2.16. The second-order valence-corrected chi connectivity index (χ2v) is 11.1. The quantitative estimate of drug-likeness (QED) is 0.684. The Hall–Kier alpha value is -0.970. The largest absolute Gasteiger partial charge is 0.250 e. The van der Waals surface area contributed by atoms with Crippen LogP contribution < -0.4 is 9.44 Å². The van der Waals surface area contributed by atoms with Gasteiger partial charge in [0, 0.05) is 12.6 Å². The summed E-state index contributed by atoms with van der Waals surface area (Å²) in [6.45, 7) is 3.47. The van der Waals surface area contributed by atoms with E-state index in [2.05, 4.69) is 9.44 Å². The van der Waals surface area contributed by atoms with Crippen LogP contribution in [-0.2, 0) is 32.3 Å². The normalized spacial score (nSPS) is 12.6. The van der Waals surface area contributed by atoms with E-state index >= 15 is 0 Å². The number of hydrogen-bond donors (Lipinski definition) is 2. The van der Waals surface area contributed by atoms with Crippen LogP contribution in [0.5, 0.6) is 0 Å². The van der Waals surface area contributed by atoms with Gasteiger partial charge in [-0.1, -0.05) is 35.9 Å². The molecule has 1 aromatic heterocycles. The minimum Gasteiger partial charge on any atom is -0.212 e. The first-order valence-electron chi connectivity index (χ1n) is 7.41. The number of sulfonamides is 2. The van der Waals surface area contributed by atoms with Gasteiger partial charge < -0.3 is 0 Å². The van der Waals surface area contributed by atoms with Crippen molar-refractivity contribution in [2.75, 3.05) is 0 Å². The third kappa shape index (κ3) is 6.05. The number of thiophene rings is 1. The van der Waals surface area contributed by atoms with Crippen molar-refractivity contribution in [1.29, 1.82) is 0 Å². The van der Waals surface area contributed by atoms with Gasteiger partial charge in [-0.05, 0) is 37.1 Å². The summed E-state index contributed by atoms with van der Waals surface area (Å²) < 4.78 is 54.3. The fourth-order valence-electron chi connectivity index (χ4n) is 2.16. The van der Waals surface area contributed by atoms with Gasteiger partial charge in [0.1, 0.15) is 4.21 Å². The van der Waals surface area contributed by atoms with E-state index in [0.717, 1.165) is 11.3 Å². The first kappa shape index (κ1) is 20.3. The predicted octanol–water partition coefficient (Wildman–Crippen LogP) is 2.71. The molecule has 0 spiro atoms. The van der Waals surface area contributed by atoms with Crippen molar-refractivity contribution in [1.82, 2.24) is 9.44 Å². The van der Waals surface area contributed by atoms with Crippen LogP contribution in [-0.4, -0.2) is 22.9 Å². The highest BCUT2D eigenvalue weighted by atomic mass is 35.5. The topological polar surface area (TPSA) is 92.3 Å². The first-order valence-corrected chi connectivity index (χ1v) is 11.7. The van der Waals surface area contributed by atoms with E-state index in [1.54, 1.807) is 38.1 Å². The average Bonchev–Trinajstić information content (AvgIpc) is 2.92. The molecule has 0 saturated carbocycles. The van der Waals surface area contributed by atoms with Gasteiger partial charge in [-0.25, -0.2) is 26.3 Å². The molecule has 10 heteroatoms. The lowest BCUT2D eigenvalue weighted by Crippen LogP contribution is -2.31. The van der Waals surface area contributed by atoms with Crippen LogP contribution in [0.4, 0.5) is 0 Å². The van der Waals surface area contributed by atoms with E-state index < -0.39 is 20.0 Å². The molecule has 2 rings (SSSR count). The first-order chi connectivity index (χ1) is 11.6. The van der Waals surface area contributed by atoms with E-state index in [9.17, 15) is 16.8 Å². The van der Waals surface area contributed by atoms with Gasteiger partial charge in [0.15, 0.2) is 0 Å². The average molecular weight is 423 g/mol. The molecule has 2 aromatic rings. The van der Waals surface area contributed by atoms with Crippen LogP contribution in [0.15, 0.2) is 40.6 Å². The van der Waals surface area contributed by atoms with Crippen LogP contribution >= 0.6 is 22.9 Å². The lowest BCUT2D eigenvalue weighted by Gasteiger charge is -2.13. The van der Waals surface area contributed by atoms with Gasteiger partial charge >= 0.3 is 0 Å². The molecule has 0 amide bonds. The fourth-order valence-corrected chi connectivity index (χ4v) is 6.19. The maximum Gasteiger partial charge on any atom is 0.250 e. The van der Waals surface area contributed by atoms with Gasteiger partial charge in [-0.2, -0.15) is 0 Å². The van der Waals surface area contributed by atoms with Crippen molar-refractivity contribution in [3.63, 3.8) is 0 Å². The molecule has 0 aliphatic rings. The number of hydrogen-bond acceptors (Lipinski definition) is 5. The highest BCUT2D eigenvalue weighted by molar-refractivity contribution is 7.91. The van der Waals surface area contributed by atoms with E-state index in [1.165, 1.54) is 12.1 Å². The number of benzene rings is 1. The molecule has 1 heterocycles. The van der Waals surface area contributed by atoms with Crippen molar-refractivity contribution < 1.29 is 16.8 Å². The molecule has 0 aliphatic heterocycles. The van der Waals surface area contributed by atoms with Crippen LogP contribution in [0.3, 0.4) is 0 Å². The van der Waals surface area contributed by atoms with Gasteiger partial charge in [-0.15, -0.1) is 11.3 Å². The summed E-state index contributed by atoms with van der Waals surface area (Å²) >= 11 is 6.74. The SMILES string of the molecule is CC(C)NS(=O)(=O)Cc1ccccc1CNS(=O)(=O)c1ccc(Cl)s1. The van der Waals surface area contributed by atoms with Crippen molar-refractivity contribution in [3.8, 4) is 0 Å². The third-order valence-corrected chi connectivity index (χ3v) is 7.79. The zero-order valence-corrected chi connectivity index (χ0v) is 16.9. The van der Waals surface area contributed by atoms with E-state index in [-0.39, 0.29) is 22.5 Å². The van der Waals surface area contributed by atoms with Crippen molar-refractivity contribution in [2.24, 2.45) is 0 Å². The van der Waals surface area contributed by atoms with Gasteiger partial charge in [-0.3, -0.25) is 0 Å².